The molecule has 0 unspecified atom stereocenters. The van der Waals surface area contributed by atoms with Gasteiger partial charge in [-0.1, -0.05) is 36.4 Å². The van der Waals surface area contributed by atoms with Crippen molar-refractivity contribution in [3.63, 3.8) is 0 Å². The monoisotopic (exact) mass is 417 g/mol. The lowest BCUT2D eigenvalue weighted by Crippen LogP contribution is -2.26. The van der Waals surface area contributed by atoms with Crippen LogP contribution in [0.4, 0.5) is 0 Å². The number of ether oxygens (including phenoxy) is 2. The Morgan fingerprint density at radius 1 is 1.16 bits per heavy atom. The number of para-hydroxylation sites is 2. The van der Waals surface area contributed by atoms with Crippen LogP contribution in [0, 0.1) is 11.3 Å². The highest BCUT2D eigenvalue weighted by atomic mass is 16.6. The van der Waals surface area contributed by atoms with Crippen LogP contribution in [0.5, 0.6) is 5.75 Å². The first kappa shape index (κ1) is 21.7. The van der Waals surface area contributed by atoms with E-state index in [0.29, 0.717) is 24.3 Å². The Labute approximate surface area is 180 Å². The number of nitrogens with one attached hydrogen (secondary N) is 2. The zero-order valence-corrected chi connectivity index (χ0v) is 17.2. The fourth-order valence-electron chi connectivity index (χ4n) is 3.12. The number of esters is 1. The smallest absolute Gasteiger partial charge is 0.344 e. The van der Waals surface area contributed by atoms with Crippen LogP contribution in [0.2, 0.25) is 0 Å². The molecule has 0 aliphatic heterocycles. The number of aromatic nitrogens is 1. The Hall–Kier alpha value is -4.05. The highest BCUT2D eigenvalue weighted by Gasteiger charge is 2.12. The zero-order valence-electron chi connectivity index (χ0n) is 17.2. The second-order valence-electron chi connectivity index (χ2n) is 6.67. The number of rotatable bonds is 9. The van der Waals surface area contributed by atoms with Crippen molar-refractivity contribution in [2.45, 2.75) is 13.3 Å². The summed E-state index contributed by atoms with van der Waals surface area (Å²) >= 11 is 0. The lowest BCUT2D eigenvalue weighted by molar-refractivity contribution is -0.145. The maximum Gasteiger partial charge on any atom is 0.344 e. The molecule has 0 atom stereocenters. The summed E-state index contributed by atoms with van der Waals surface area (Å²) < 4.78 is 10.3. The van der Waals surface area contributed by atoms with Gasteiger partial charge < -0.3 is 19.8 Å². The minimum Gasteiger partial charge on any atom is -0.481 e. The van der Waals surface area contributed by atoms with Crippen LogP contribution in [0.25, 0.3) is 17.0 Å². The summed E-state index contributed by atoms with van der Waals surface area (Å²) in [7, 11) is 0. The van der Waals surface area contributed by atoms with Gasteiger partial charge in [-0.2, -0.15) is 5.26 Å². The second kappa shape index (κ2) is 10.6. The third kappa shape index (κ3) is 5.73. The number of carbonyl (C=O) groups is 2. The summed E-state index contributed by atoms with van der Waals surface area (Å²) in [4.78, 5) is 27.2. The molecular formula is C24H23N3O4. The van der Waals surface area contributed by atoms with Gasteiger partial charge in [0.15, 0.2) is 6.61 Å². The molecule has 7 heteroatoms. The topological polar surface area (TPSA) is 104 Å². The van der Waals surface area contributed by atoms with E-state index in [1.54, 1.807) is 31.2 Å². The van der Waals surface area contributed by atoms with E-state index in [-0.39, 0.29) is 18.8 Å². The predicted octanol–water partition coefficient (Wildman–Crippen LogP) is 3.38. The molecule has 31 heavy (non-hydrogen) atoms. The van der Waals surface area contributed by atoms with Crippen LogP contribution < -0.4 is 10.1 Å². The number of aromatic amines is 1. The van der Waals surface area contributed by atoms with Crippen LogP contribution in [-0.4, -0.2) is 36.6 Å². The summed E-state index contributed by atoms with van der Waals surface area (Å²) in [5, 5.41) is 13.4. The molecule has 1 heterocycles. The first-order chi connectivity index (χ1) is 15.1. The highest BCUT2D eigenvalue weighted by molar-refractivity contribution is 6.02. The number of nitriles is 1. The SMILES string of the molecule is CCOC(=O)COc1ccccc1/C=C(\C#N)C(=O)NCCc1c[nH]c2ccccc12. The van der Waals surface area contributed by atoms with Gasteiger partial charge in [0.05, 0.1) is 6.61 Å². The second-order valence-corrected chi connectivity index (χ2v) is 6.67. The molecule has 0 saturated heterocycles. The maximum absolute atomic E-state index is 12.5. The molecule has 1 aromatic heterocycles. The van der Waals surface area contributed by atoms with Gasteiger partial charge in [-0.15, -0.1) is 0 Å². The normalized spacial score (nSPS) is 11.0. The van der Waals surface area contributed by atoms with Crippen LogP contribution in [0.1, 0.15) is 18.1 Å². The maximum atomic E-state index is 12.5. The zero-order chi connectivity index (χ0) is 22.1. The van der Waals surface area contributed by atoms with Gasteiger partial charge >= 0.3 is 5.97 Å². The average Bonchev–Trinajstić information content (AvgIpc) is 3.20. The number of nitrogens with zero attached hydrogens (tertiary/aromatic N) is 1. The van der Waals surface area contributed by atoms with Crippen molar-refractivity contribution in [2.24, 2.45) is 0 Å². The molecule has 0 aliphatic carbocycles. The van der Waals surface area contributed by atoms with Crippen LogP contribution in [0.15, 0.2) is 60.3 Å². The summed E-state index contributed by atoms with van der Waals surface area (Å²) in [6.07, 6.45) is 4.00. The number of carbonyl (C=O) groups excluding carboxylic acids is 2. The number of hydrogen-bond donors (Lipinski definition) is 2. The Bertz CT molecular complexity index is 1140. The quantitative estimate of drug-likeness (QED) is 0.316. The number of hydrogen-bond acceptors (Lipinski definition) is 5. The third-order valence-electron chi connectivity index (χ3n) is 4.59. The number of benzene rings is 2. The van der Waals surface area contributed by atoms with Gasteiger partial charge in [-0.3, -0.25) is 4.79 Å². The van der Waals surface area contributed by atoms with Crippen molar-refractivity contribution in [2.75, 3.05) is 19.8 Å². The minimum absolute atomic E-state index is 0.0499. The van der Waals surface area contributed by atoms with Crippen molar-refractivity contribution >= 4 is 28.9 Å². The first-order valence-corrected chi connectivity index (χ1v) is 9.94. The summed E-state index contributed by atoms with van der Waals surface area (Å²) in [5.41, 5.74) is 2.61. The molecule has 0 spiro atoms. The molecule has 0 radical (unpaired) electrons. The molecule has 7 nitrogen and oxygen atoms in total. The molecule has 3 aromatic rings. The highest BCUT2D eigenvalue weighted by Crippen LogP contribution is 2.21. The van der Waals surface area contributed by atoms with Gasteiger partial charge in [-0.05, 0) is 37.1 Å². The fraction of sp³-hybridized carbons (Fsp3) is 0.208. The summed E-state index contributed by atoms with van der Waals surface area (Å²) in [6.45, 7) is 2.12. The van der Waals surface area contributed by atoms with Crippen molar-refractivity contribution in [3.8, 4) is 11.8 Å². The van der Waals surface area contributed by atoms with Gasteiger partial charge in [0.1, 0.15) is 17.4 Å². The van der Waals surface area contributed by atoms with E-state index in [9.17, 15) is 14.9 Å². The summed E-state index contributed by atoms with van der Waals surface area (Å²) in [6, 6.07) is 16.7. The number of H-pyrrole nitrogens is 1. The van der Waals surface area contributed by atoms with E-state index < -0.39 is 11.9 Å². The van der Waals surface area contributed by atoms with E-state index in [0.717, 1.165) is 16.5 Å². The Morgan fingerprint density at radius 3 is 2.74 bits per heavy atom. The Kier molecular flexibility index (Phi) is 7.44. The van der Waals surface area contributed by atoms with Gasteiger partial charge in [0.25, 0.3) is 5.91 Å². The molecule has 0 bridgehead atoms. The summed E-state index contributed by atoms with van der Waals surface area (Å²) in [5.74, 6) is -0.575. The van der Waals surface area contributed by atoms with E-state index in [1.807, 2.05) is 36.5 Å². The average molecular weight is 417 g/mol. The van der Waals surface area contributed by atoms with E-state index in [1.165, 1.54) is 6.08 Å². The minimum atomic E-state index is -0.489. The molecule has 0 fully saturated rings. The number of amides is 1. The van der Waals surface area contributed by atoms with Crippen LogP contribution in [0.3, 0.4) is 0 Å². The standard InChI is InChI=1S/C24H23N3O4/c1-2-30-23(28)16-31-22-10-6-3-7-17(22)13-19(14-25)24(29)26-12-11-18-15-27-21-9-5-4-8-20(18)21/h3-10,13,15,27H,2,11-12,16H2,1H3,(H,26,29)/b19-13+. The van der Waals surface area contributed by atoms with Crippen LogP contribution >= 0.6 is 0 Å². The van der Waals surface area contributed by atoms with Crippen molar-refractivity contribution in [3.05, 3.63) is 71.4 Å². The van der Waals surface area contributed by atoms with E-state index in [4.69, 9.17) is 9.47 Å². The lowest BCUT2D eigenvalue weighted by Gasteiger charge is -2.09. The molecule has 1 amide bonds. The Balaban J connectivity index is 1.64. The van der Waals surface area contributed by atoms with Gasteiger partial charge in [-0.25, -0.2) is 4.79 Å². The predicted molar refractivity (Wildman–Crippen MR) is 117 cm³/mol. The fourth-order valence-corrected chi connectivity index (χ4v) is 3.12. The molecule has 3 rings (SSSR count). The van der Waals surface area contributed by atoms with Gasteiger partial charge in [0.2, 0.25) is 0 Å². The first-order valence-electron chi connectivity index (χ1n) is 9.94. The molecule has 0 aliphatic rings. The molecule has 2 N–H and O–H groups in total. The number of fused-ring (bicyclic) bond motifs is 1. The Morgan fingerprint density at radius 2 is 1.94 bits per heavy atom. The van der Waals surface area contributed by atoms with Crippen molar-refractivity contribution < 1.29 is 19.1 Å². The lowest BCUT2D eigenvalue weighted by atomic mass is 10.1. The largest absolute Gasteiger partial charge is 0.481 e. The molecular weight excluding hydrogens is 394 g/mol. The van der Waals surface area contributed by atoms with Crippen molar-refractivity contribution in [1.82, 2.24) is 10.3 Å². The third-order valence-corrected chi connectivity index (χ3v) is 4.59. The van der Waals surface area contributed by atoms with Gasteiger partial charge in [0, 0.05) is 29.2 Å². The molecule has 158 valence electrons. The van der Waals surface area contributed by atoms with Crippen LogP contribution in [-0.2, 0) is 20.7 Å². The van der Waals surface area contributed by atoms with E-state index in [2.05, 4.69) is 10.3 Å². The molecule has 0 saturated carbocycles. The van der Waals surface area contributed by atoms with Crippen molar-refractivity contribution in [1.29, 1.82) is 5.26 Å². The molecule has 2 aromatic carbocycles. The van der Waals surface area contributed by atoms with E-state index >= 15 is 0 Å².